The Morgan fingerprint density at radius 3 is 2.63 bits per heavy atom. The first-order valence-electron chi connectivity index (χ1n) is 13.3. The summed E-state index contributed by atoms with van der Waals surface area (Å²) in [5, 5.41) is 17.0. The van der Waals surface area contributed by atoms with Crippen molar-refractivity contribution in [1.29, 1.82) is 0 Å². The lowest BCUT2D eigenvalue weighted by molar-refractivity contribution is -0.676. The van der Waals surface area contributed by atoms with E-state index in [0.717, 1.165) is 27.7 Å². The van der Waals surface area contributed by atoms with Crippen LogP contribution >= 0.6 is 18.7 Å². The molecule has 0 aliphatic carbocycles. The summed E-state index contributed by atoms with van der Waals surface area (Å²) in [4.78, 5) is 20.7. The van der Waals surface area contributed by atoms with Gasteiger partial charge in [0.25, 0.3) is 11.7 Å². The zero-order valence-corrected chi connectivity index (χ0v) is 25.1. The van der Waals surface area contributed by atoms with Crippen LogP contribution in [0.15, 0.2) is 48.7 Å². The Hall–Kier alpha value is -3.50. The van der Waals surface area contributed by atoms with E-state index in [2.05, 4.69) is 25.2 Å². The fraction of sp³-hybridized carbons (Fsp3) is 0.357. The molecule has 1 amide bonds. The largest absolute Gasteiger partial charge is 0.492 e. The van der Waals surface area contributed by atoms with E-state index in [1.807, 2.05) is 54.0 Å². The lowest BCUT2D eigenvalue weighted by Gasteiger charge is -2.10. The van der Waals surface area contributed by atoms with Gasteiger partial charge in [-0.15, -0.1) is 0 Å². The first kappa shape index (κ1) is 30.5. The number of anilines is 1. The van der Waals surface area contributed by atoms with Gasteiger partial charge in [0, 0.05) is 24.5 Å². The highest BCUT2D eigenvalue weighted by atomic mass is 35.5. The molecule has 4 rings (SSSR count). The van der Waals surface area contributed by atoms with E-state index in [1.165, 1.54) is 6.20 Å². The number of rotatable bonds is 13. The summed E-state index contributed by atoms with van der Waals surface area (Å²) >= 11 is 5.89. The third kappa shape index (κ3) is 7.42. The summed E-state index contributed by atoms with van der Waals surface area (Å²) in [5.41, 5.74) is 8.71. The summed E-state index contributed by atoms with van der Waals surface area (Å²) in [7, 11) is -2.25. The molecule has 2 heterocycles. The average Bonchev–Trinajstić information content (AvgIpc) is 3.24. The van der Waals surface area contributed by atoms with Gasteiger partial charge in [-0.25, -0.2) is 19.1 Å². The lowest BCUT2D eigenvalue weighted by Crippen LogP contribution is -2.40. The van der Waals surface area contributed by atoms with E-state index in [0.29, 0.717) is 38.5 Å². The van der Waals surface area contributed by atoms with Gasteiger partial charge >= 0.3 is 0 Å². The van der Waals surface area contributed by atoms with E-state index >= 15 is 0 Å². The van der Waals surface area contributed by atoms with Crippen LogP contribution in [0.5, 0.6) is 5.75 Å². The second-order valence-electron chi connectivity index (χ2n) is 9.84. The van der Waals surface area contributed by atoms with E-state index < -0.39 is 13.0 Å². The number of aliphatic hydroxyl groups is 1. The summed E-state index contributed by atoms with van der Waals surface area (Å²) in [6.45, 7) is 8.41. The van der Waals surface area contributed by atoms with Crippen molar-refractivity contribution in [2.24, 2.45) is 0 Å². The number of benzene rings is 2. The normalized spacial score (nSPS) is 11.6. The van der Waals surface area contributed by atoms with Crippen LogP contribution in [0.1, 0.15) is 28.8 Å². The average molecular weight is 601 g/mol. The molecule has 0 atom stereocenters. The topological polar surface area (TPSA) is 148 Å². The number of aliphatic hydroxyl groups excluding tert-OH is 1. The molecule has 2 aromatic heterocycles. The second-order valence-corrected chi connectivity index (χ2v) is 13.4. The smallest absolute Gasteiger partial charge is 0.277 e. The number of nitrogens with two attached hydrogens (primary N) is 1. The Labute approximate surface area is 244 Å². The van der Waals surface area contributed by atoms with Gasteiger partial charge in [0.05, 0.1) is 19.3 Å². The molecule has 0 fully saturated rings. The Morgan fingerprint density at radius 1 is 1.20 bits per heavy atom. The van der Waals surface area contributed by atoms with Crippen LogP contribution in [0.25, 0.3) is 11.0 Å². The fourth-order valence-corrected chi connectivity index (χ4v) is 5.59. The third-order valence-electron chi connectivity index (χ3n) is 6.62. The number of aryl methyl sites for hydroxylation is 1. The van der Waals surface area contributed by atoms with Crippen molar-refractivity contribution in [3.8, 4) is 5.75 Å². The summed E-state index contributed by atoms with van der Waals surface area (Å²) in [6.07, 6.45) is 1.28. The number of hydrogen-bond donors (Lipinski definition) is 4. The van der Waals surface area contributed by atoms with Crippen molar-refractivity contribution in [2.45, 2.75) is 33.1 Å². The molecule has 0 aliphatic heterocycles. The number of nitrogens with zero attached hydrogens (tertiary/aromatic N) is 4. The first-order valence-corrected chi connectivity index (χ1v) is 16.3. The van der Waals surface area contributed by atoms with E-state index in [4.69, 9.17) is 22.1 Å². The Bertz CT molecular complexity index is 1570. The molecular weight excluding hydrogens is 565 g/mol. The van der Waals surface area contributed by atoms with Gasteiger partial charge in [0.15, 0.2) is 22.5 Å². The number of fused-ring (bicyclic) bond motifs is 1. The van der Waals surface area contributed by atoms with Gasteiger partial charge in [-0.1, -0.05) is 35.9 Å². The lowest BCUT2D eigenvalue weighted by atomic mass is 10.2. The molecule has 0 spiro atoms. The number of imidazole rings is 1. The maximum atomic E-state index is 12.8. The van der Waals surface area contributed by atoms with E-state index in [1.54, 1.807) is 13.3 Å². The fourth-order valence-electron chi connectivity index (χ4n) is 4.59. The van der Waals surface area contributed by atoms with Crippen molar-refractivity contribution in [2.75, 3.05) is 38.8 Å². The van der Waals surface area contributed by atoms with Crippen LogP contribution in [0, 0.1) is 0 Å². The van der Waals surface area contributed by atoms with Crippen molar-refractivity contribution >= 4 is 46.8 Å². The molecule has 11 nitrogen and oxygen atoms in total. The summed E-state index contributed by atoms with van der Waals surface area (Å²) in [5.74, 6) is 0.989. The number of nitrogens with one attached hydrogen (secondary N) is 2. The quantitative estimate of drug-likeness (QED) is 0.104. The highest BCUT2D eigenvalue weighted by molar-refractivity contribution is 7.70. The van der Waals surface area contributed by atoms with Crippen molar-refractivity contribution < 1.29 is 23.8 Å². The van der Waals surface area contributed by atoms with Crippen molar-refractivity contribution in [3.63, 3.8) is 0 Å². The zero-order chi connectivity index (χ0) is 29.6. The van der Waals surface area contributed by atoms with Crippen LogP contribution < -0.4 is 31.0 Å². The summed E-state index contributed by atoms with van der Waals surface area (Å²) < 4.78 is 22.3. The number of aromatic nitrogens is 4. The molecule has 0 saturated heterocycles. The van der Waals surface area contributed by atoms with Gasteiger partial charge in [-0.05, 0) is 37.9 Å². The van der Waals surface area contributed by atoms with Gasteiger partial charge in [-0.3, -0.25) is 4.79 Å². The predicted octanol–water partition coefficient (Wildman–Crippen LogP) is 2.31. The molecule has 0 saturated carbocycles. The molecule has 4 aromatic rings. The van der Waals surface area contributed by atoms with Crippen LogP contribution in [-0.2, 0) is 30.7 Å². The first-order chi connectivity index (χ1) is 19.6. The predicted molar refractivity (Wildman–Crippen MR) is 160 cm³/mol. The molecule has 0 aliphatic rings. The van der Waals surface area contributed by atoms with E-state index in [9.17, 15) is 14.5 Å². The molecule has 0 bridgehead atoms. The third-order valence-corrected chi connectivity index (χ3v) is 8.34. The molecule has 41 heavy (non-hydrogen) atoms. The Morgan fingerprint density at radius 2 is 1.95 bits per heavy atom. The summed E-state index contributed by atoms with van der Waals surface area (Å²) in [6, 6.07) is 13.7. The molecule has 13 heteroatoms. The van der Waals surface area contributed by atoms with Crippen molar-refractivity contribution in [1.82, 2.24) is 25.2 Å². The Balaban J connectivity index is 1.42. The number of carbonyl (C=O) groups excluding carboxylic acids is 1. The number of ether oxygens (including phenoxy) is 1. The standard InChI is InChI=1S/C28H35ClN7O4P/c1-4-35-22-10-7-20(40-14-11-31-16-19-5-8-21(9-6-19)41(2,3)39)15-23(22)36(12-13-37)25(35)18-33-28(38)26-27(30)32-17-24(29)34-26/h5-10,15,17,31,37H,4,11-14,16,18H2,1-3H3,(H2-,30,32,33,38)/p+1. The van der Waals surface area contributed by atoms with Gasteiger partial charge in [0.1, 0.15) is 37.7 Å². The molecule has 5 N–H and O–H groups in total. The molecular formula is C28H36ClN7O4P+. The number of amides is 1. The van der Waals surface area contributed by atoms with Crippen LogP contribution in [0.3, 0.4) is 0 Å². The molecule has 218 valence electrons. The van der Waals surface area contributed by atoms with Gasteiger partial charge in [0.2, 0.25) is 0 Å². The monoisotopic (exact) mass is 600 g/mol. The highest BCUT2D eigenvalue weighted by Gasteiger charge is 2.26. The highest BCUT2D eigenvalue weighted by Crippen LogP contribution is 2.34. The van der Waals surface area contributed by atoms with E-state index in [-0.39, 0.29) is 29.8 Å². The van der Waals surface area contributed by atoms with Crippen LogP contribution in [0.2, 0.25) is 5.15 Å². The molecule has 0 unspecified atom stereocenters. The number of halogens is 1. The second kappa shape index (κ2) is 13.4. The van der Waals surface area contributed by atoms with Gasteiger partial charge < -0.3 is 30.8 Å². The number of carbonyl (C=O) groups is 1. The van der Waals surface area contributed by atoms with Gasteiger partial charge in [-0.2, -0.15) is 0 Å². The minimum atomic E-state index is -2.25. The minimum absolute atomic E-state index is 0.00940. The van der Waals surface area contributed by atoms with Crippen LogP contribution in [0.4, 0.5) is 5.82 Å². The Kier molecular flexibility index (Phi) is 9.99. The number of nitrogen functional groups attached to an aromatic ring is 1. The SMILES string of the molecule is CC[n+]1c(CNC(=O)c2nc(Cl)cnc2N)n(CCO)c2cc(OCCNCc3ccc(P(C)(C)=O)cc3)ccc21. The maximum Gasteiger partial charge on any atom is 0.277 e. The van der Waals surface area contributed by atoms with Crippen molar-refractivity contribution in [3.05, 3.63) is 70.9 Å². The maximum absolute atomic E-state index is 12.8. The van der Waals surface area contributed by atoms with Crippen LogP contribution in [-0.4, -0.2) is 58.6 Å². The number of hydrogen-bond acceptors (Lipinski definition) is 8. The molecule has 0 radical (unpaired) electrons. The minimum Gasteiger partial charge on any atom is -0.492 e. The zero-order valence-electron chi connectivity index (χ0n) is 23.4. The molecule has 2 aromatic carbocycles.